The summed E-state index contributed by atoms with van der Waals surface area (Å²) in [6.07, 6.45) is 0.542. The molecule has 0 fully saturated rings. The van der Waals surface area contributed by atoms with Crippen LogP contribution in [0.2, 0.25) is 0 Å². The first-order valence-electron chi connectivity index (χ1n) is 13.1. The number of hydrogen-bond acceptors (Lipinski definition) is 6. The topological polar surface area (TPSA) is 114 Å². The summed E-state index contributed by atoms with van der Waals surface area (Å²) in [7, 11) is 1.57. The third kappa shape index (κ3) is 8.43. The third-order valence-corrected chi connectivity index (χ3v) is 6.59. The zero-order chi connectivity index (χ0) is 28.6. The van der Waals surface area contributed by atoms with E-state index in [4.69, 9.17) is 9.26 Å². The fourth-order valence-corrected chi connectivity index (χ4v) is 3.96. The smallest absolute Gasteiger partial charge is 0.247 e. The number of benzene rings is 2. The van der Waals surface area contributed by atoms with Gasteiger partial charge in [0.05, 0.1) is 7.11 Å². The molecule has 0 aliphatic carbocycles. The van der Waals surface area contributed by atoms with Crippen LogP contribution in [0.25, 0.3) is 0 Å². The fourth-order valence-electron chi connectivity index (χ4n) is 3.96. The molecule has 1 aromatic heterocycles. The van der Waals surface area contributed by atoms with Gasteiger partial charge >= 0.3 is 0 Å². The van der Waals surface area contributed by atoms with Gasteiger partial charge < -0.3 is 24.8 Å². The Kier molecular flexibility index (Phi) is 9.87. The van der Waals surface area contributed by atoms with Crippen LogP contribution in [-0.4, -0.2) is 40.4 Å². The van der Waals surface area contributed by atoms with E-state index in [0.29, 0.717) is 29.3 Å². The van der Waals surface area contributed by atoms with Crippen LogP contribution in [0.3, 0.4) is 0 Å². The van der Waals surface area contributed by atoms with E-state index in [1.165, 1.54) is 0 Å². The number of hydrogen-bond donors (Lipinski definition) is 2. The van der Waals surface area contributed by atoms with Crippen molar-refractivity contribution in [3.63, 3.8) is 0 Å². The zero-order valence-electron chi connectivity index (χ0n) is 23.5. The van der Waals surface area contributed by atoms with E-state index in [2.05, 4.69) is 15.8 Å². The second-order valence-corrected chi connectivity index (χ2v) is 10.3. The molecule has 9 heteroatoms. The molecule has 3 rings (SSSR count). The molecule has 2 aromatic carbocycles. The lowest BCUT2D eigenvalue weighted by atomic mass is 9.97. The summed E-state index contributed by atoms with van der Waals surface area (Å²) in [5, 5.41) is 9.50. The van der Waals surface area contributed by atoms with E-state index in [1.54, 1.807) is 49.3 Å². The molecule has 0 bridgehead atoms. The SMILES string of the molecule is CCC(C)(C)NC(=O)C(c1ccc(OC)cc1)N(Cc1ccc(C)cc1)C(=O)CCC(=O)Nc1cc(C)on1. The first kappa shape index (κ1) is 29.4. The van der Waals surface area contributed by atoms with Crippen molar-refractivity contribution < 1.29 is 23.6 Å². The van der Waals surface area contributed by atoms with Crippen molar-refractivity contribution in [1.82, 2.24) is 15.4 Å². The summed E-state index contributed by atoms with van der Waals surface area (Å²) in [4.78, 5) is 41.7. The first-order chi connectivity index (χ1) is 18.5. The van der Waals surface area contributed by atoms with Crippen LogP contribution in [0, 0.1) is 13.8 Å². The molecule has 0 saturated carbocycles. The van der Waals surface area contributed by atoms with E-state index >= 15 is 0 Å². The maximum atomic E-state index is 13.8. The summed E-state index contributed by atoms with van der Waals surface area (Å²) in [6.45, 7) is 9.78. The molecule has 0 spiro atoms. The van der Waals surface area contributed by atoms with Crippen LogP contribution in [0.5, 0.6) is 5.75 Å². The van der Waals surface area contributed by atoms with Crippen molar-refractivity contribution in [3.05, 3.63) is 77.0 Å². The highest BCUT2D eigenvalue weighted by molar-refractivity contribution is 5.94. The molecule has 3 aromatic rings. The molecular formula is C30H38N4O5. The van der Waals surface area contributed by atoms with Gasteiger partial charge in [0.1, 0.15) is 17.6 Å². The average Bonchev–Trinajstić information content (AvgIpc) is 3.32. The van der Waals surface area contributed by atoms with Gasteiger partial charge in [0.2, 0.25) is 17.7 Å². The lowest BCUT2D eigenvalue weighted by molar-refractivity contribution is -0.142. The summed E-state index contributed by atoms with van der Waals surface area (Å²) in [5.74, 6) is 0.502. The summed E-state index contributed by atoms with van der Waals surface area (Å²) in [5.41, 5.74) is 2.13. The molecule has 0 saturated heterocycles. The van der Waals surface area contributed by atoms with Crippen LogP contribution in [0.1, 0.15) is 68.5 Å². The van der Waals surface area contributed by atoms with E-state index in [-0.39, 0.29) is 37.1 Å². The van der Waals surface area contributed by atoms with Gasteiger partial charge in [-0.2, -0.15) is 0 Å². The van der Waals surface area contributed by atoms with Crippen molar-refractivity contribution in [1.29, 1.82) is 0 Å². The van der Waals surface area contributed by atoms with Gasteiger partial charge in [0, 0.05) is 31.0 Å². The molecule has 0 aliphatic heterocycles. The largest absolute Gasteiger partial charge is 0.497 e. The number of aryl methyl sites for hydroxylation is 2. The van der Waals surface area contributed by atoms with Gasteiger partial charge in [-0.15, -0.1) is 0 Å². The van der Waals surface area contributed by atoms with Crippen LogP contribution in [0.4, 0.5) is 5.82 Å². The van der Waals surface area contributed by atoms with Gasteiger partial charge in [-0.3, -0.25) is 14.4 Å². The third-order valence-electron chi connectivity index (χ3n) is 6.59. The Morgan fingerprint density at radius 2 is 1.69 bits per heavy atom. The van der Waals surface area contributed by atoms with E-state index in [1.807, 2.05) is 52.0 Å². The Morgan fingerprint density at radius 1 is 1.03 bits per heavy atom. The second-order valence-electron chi connectivity index (χ2n) is 10.3. The molecule has 1 unspecified atom stereocenters. The minimum atomic E-state index is -0.920. The minimum Gasteiger partial charge on any atom is -0.497 e. The van der Waals surface area contributed by atoms with Crippen molar-refractivity contribution in [2.75, 3.05) is 12.4 Å². The van der Waals surface area contributed by atoms with E-state index < -0.39 is 11.6 Å². The van der Waals surface area contributed by atoms with E-state index in [9.17, 15) is 14.4 Å². The number of aromatic nitrogens is 1. The quantitative estimate of drug-likeness (QED) is 0.334. The number of anilines is 1. The molecule has 1 atom stereocenters. The molecule has 0 radical (unpaired) electrons. The molecule has 39 heavy (non-hydrogen) atoms. The summed E-state index contributed by atoms with van der Waals surface area (Å²) >= 11 is 0. The Hall–Kier alpha value is -4.14. The summed E-state index contributed by atoms with van der Waals surface area (Å²) in [6, 6.07) is 15.6. The molecule has 208 valence electrons. The van der Waals surface area contributed by atoms with Crippen molar-refractivity contribution in [2.45, 2.75) is 72.0 Å². The molecule has 0 aliphatic rings. The van der Waals surface area contributed by atoms with Gasteiger partial charge in [-0.25, -0.2) is 0 Å². The lowest BCUT2D eigenvalue weighted by Crippen LogP contribution is -2.50. The molecular weight excluding hydrogens is 496 g/mol. The van der Waals surface area contributed by atoms with Crippen molar-refractivity contribution >= 4 is 23.5 Å². The number of amides is 3. The monoisotopic (exact) mass is 534 g/mol. The van der Waals surface area contributed by atoms with E-state index in [0.717, 1.165) is 11.1 Å². The highest BCUT2D eigenvalue weighted by Crippen LogP contribution is 2.28. The van der Waals surface area contributed by atoms with Crippen LogP contribution in [0.15, 0.2) is 59.1 Å². The predicted molar refractivity (Wildman–Crippen MR) is 149 cm³/mol. The number of carbonyl (C=O) groups is 3. The number of methoxy groups -OCH3 is 1. The Bertz CT molecular complexity index is 1270. The Morgan fingerprint density at radius 3 is 2.26 bits per heavy atom. The zero-order valence-corrected chi connectivity index (χ0v) is 23.5. The Labute approximate surface area is 229 Å². The average molecular weight is 535 g/mol. The first-order valence-corrected chi connectivity index (χ1v) is 13.1. The fraction of sp³-hybridized carbons (Fsp3) is 0.400. The predicted octanol–water partition coefficient (Wildman–Crippen LogP) is 5.09. The highest BCUT2D eigenvalue weighted by Gasteiger charge is 2.34. The second kappa shape index (κ2) is 13.1. The number of nitrogens with one attached hydrogen (secondary N) is 2. The molecule has 3 amide bonds. The number of nitrogens with zero attached hydrogens (tertiary/aromatic N) is 2. The van der Waals surface area contributed by atoms with Crippen LogP contribution >= 0.6 is 0 Å². The lowest BCUT2D eigenvalue weighted by Gasteiger charge is -2.35. The molecule has 1 heterocycles. The van der Waals surface area contributed by atoms with Gasteiger partial charge in [-0.05, 0) is 57.4 Å². The number of ether oxygens (including phenoxy) is 1. The standard InChI is InChI=1S/C30H38N4O5/c1-7-30(4,5)32-29(37)28(23-12-14-24(38-6)15-13-23)34(19-22-10-8-20(2)9-11-22)27(36)17-16-26(35)31-25-18-21(3)39-33-25/h8-15,18,28H,7,16-17,19H2,1-6H3,(H,32,37)(H,31,33,35). The van der Waals surface area contributed by atoms with Gasteiger partial charge in [0.15, 0.2) is 5.82 Å². The Balaban J connectivity index is 1.93. The van der Waals surface area contributed by atoms with Crippen molar-refractivity contribution in [3.8, 4) is 5.75 Å². The van der Waals surface area contributed by atoms with Crippen molar-refractivity contribution in [2.24, 2.45) is 0 Å². The number of rotatable bonds is 12. The van der Waals surface area contributed by atoms with Gasteiger partial charge in [-0.1, -0.05) is 54.0 Å². The number of carbonyl (C=O) groups excluding carboxylic acids is 3. The summed E-state index contributed by atoms with van der Waals surface area (Å²) < 4.78 is 10.3. The van der Waals surface area contributed by atoms with Crippen LogP contribution < -0.4 is 15.4 Å². The van der Waals surface area contributed by atoms with Gasteiger partial charge in [0.25, 0.3) is 0 Å². The normalized spacial score (nSPS) is 11.9. The minimum absolute atomic E-state index is 0.0768. The van der Waals surface area contributed by atoms with Crippen LogP contribution in [-0.2, 0) is 20.9 Å². The molecule has 2 N–H and O–H groups in total. The molecule has 9 nitrogen and oxygen atoms in total. The highest BCUT2D eigenvalue weighted by atomic mass is 16.5. The maximum Gasteiger partial charge on any atom is 0.247 e. The maximum absolute atomic E-state index is 13.8.